The molecule has 0 saturated heterocycles. The molecule has 138 valence electrons. The van der Waals surface area contributed by atoms with Crippen LogP contribution in [-0.4, -0.2) is 20.1 Å². The Morgan fingerprint density at radius 3 is 2.42 bits per heavy atom. The van der Waals surface area contributed by atoms with E-state index in [0.29, 0.717) is 4.34 Å². The third kappa shape index (κ3) is 3.81. The summed E-state index contributed by atoms with van der Waals surface area (Å²) >= 11 is 6.88. The van der Waals surface area contributed by atoms with Gasteiger partial charge in [-0.25, -0.2) is 13.1 Å². The molecule has 0 saturated carbocycles. The minimum Gasteiger partial charge on any atom is -0.497 e. The lowest BCUT2D eigenvalue weighted by molar-refractivity contribution is 0.414. The average Bonchev–Trinajstić information content (AvgIpc) is 3.17. The third-order valence-corrected chi connectivity index (χ3v) is 7.26. The first kappa shape index (κ1) is 19.0. The van der Waals surface area contributed by atoms with Crippen molar-refractivity contribution in [2.75, 3.05) is 7.11 Å². The molecule has 2 heterocycles. The maximum atomic E-state index is 12.4. The van der Waals surface area contributed by atoms with Crippen LogP contribution in [0.2, 0.25) is 4.34 Å². The Hall–Kier alpha value is -1.80. The van der Waals surface area contributed by atoms with E-state index in [0.717, 1.165) is 39.7 Å². The van der Waals surface area contributed by atoms with Crippen molar-refractivity contribution in [3.8, 4) is 11.4 Å². The van der Waals surface area contributed by atoms with E-state index in [-0.39, 0.29) is 10.8 Å². The molecule has 5 nitrogen and oxygen atoms in total. The molecule has 0 fully saturated rings. The van der Waals surface area contributed by atoms with E-state index in [1.165, 1.54) is 6.07 Å². The number of halogens is 1. The van der Waals surface area contributed by atoms with Gasteiger partial charge in [-0.3, -0.25) is 0 Å². The number of nitrogens with zero attached hydrogens (tertiary/aromatic N) is 1. The van der Waals surface area contributed by atoms with Gasteiger partial charge in [-0.2, -0.15) is 0 Å². The van der Waals surface area contributed by atoms with Crippen LogP contribution in [0, 0.1) is 13.8 Å². The molecule has 0 aliphatic heterocycles. The monoisotopic (exact) mass is 410 g/mol. The van der Waals surface area contributed by atoms with Crippen LogP contribution in [0.5, 0.6) is 5.75 Å². The number of aryl methyl sites for hydroxylation is 1. The first-order valence-corrected chi connectivity index (χ1v) is 10.6. The molecule has 1 aromatic carbocycles. The second-order valence-corrected chi connectivity index (χ2v) is 9.52. The van der Waals surface area contributed by atoms with E-state index in [4.69, 9.17) is 16.3 Å². The summed E-state index contributed by atoms with van der Waals surface area (Å²) in [5, 5.41) is 0. The lowest BCUT2D eigenvalue weighted by atomic mass is 10.2. The molecule has 26 heavy (non-hydrogen) atoms. The minimum absolute atomic E-state index is 0.214. The maximum Gasteiger partial charge on any atom is 0.250 e. The number of nitrogens with one attached hydrogen (secondary N) is 1. The topological polar surface area (TPSA) is 60.3 Å². The highest BCUT2D eigenvalue weighted by Crippen LogP contribution is 2.26. The van der Waals surface area contributed by atoms with Gasteiger partial charge in [0.2, 0.25) is 10.0 Å². The number of sulfonamides is 1. The zero-order valence-electron chi connectivity index (χ0n) is 14.6. The number of ether oxygens (including phenoxy) is 1. The number of thiophene rings is 1. The van der Waals surface area contributed by atoms with Gasteiger partial charge >= 0.3 is 0 Å². The largest absolute Gasteiger partial charge is 0.497 e. The summed E-state index contributed by atoms with van der Waals surface area (Å²) in [7, 11) is -1.94. The second kappa shape index (κ2) is 7.44. The Labute approximate surface area is 162 Å². The van der Waals surface area contributed by atoms with E-state index in [1.807, 2.05) is 44.2 Å². The van der Waals surface area contributed by atoms with Crippen LogP contribution in [-0.2, 0) is 16.6 Å². The van der Waals surface area contributed by atoms with Crippen molar-refractivity contribution in [1.82, 2.24) is 9.29 Å². The van der Waals surface area contributed by atoms with Crippen LogP contribution in [0.25, 0.3) is 5.69 Å². The van der Waals surface area contributed by atoms with Crippen molar-refractivity contribution in [3.05, 3.63) is 63.8 Å². The second-order valence-electron chi connectivity index (χ2n) is 5.81. The zero-order chi connectivity index (χ0) is 18.9. The van der Waals surface area contributed by atoms with Crippen LogP contribution in [0.4, 0.5) is 0 Å². The standard InChI is InChI=1S/C18H19ClN2O3S2/c1-12-10-14(11-20-26(22,23)18-9-8-17(19)25-18)13(2)21(12)15-4-6-16(24-3)7-5-15/h4-10,20H,11H2,1-3H3. The lowest BCUT2D eigenvalue weighted by Gasteiger charge is -2.11. The van der Waals surface area contributed by atoms with Gasteiger partial charge in [0, 0.05) is 23.6 Å². The molecule has 0 aliphatic carbocycles. The quantitative estimate of drug-likeness (QED) is 0.659. The van der Waals surface area contributed by atoms with E-state index in [1.54, 1.807) is 13.2 Å². The van der Waals surface area contributed by atoms with Gasteiger partial charge in [-0.05, 0) is 61.9 Å². The first-order valence-electron chi connectivity index (χ1n) is 7.89. The van der Waals surface area contributed by atoms with Gasteiger partial charge in [0.05, 0.1) is 11.4 Å². The predicted octanol–water partition coefficient (Wildman–Crippen LogP) is 4.30. The van der Waals surface area contributed by atoms with Crippen molar-refractivity contribution < 1.29 is 13.2 Å². The Bertz CT molecular complexity index is 1020. The van der Waals surface area contributed by atoms with E-state index in [2.05, 4.69) is 9.29 Å². The van der Waals surface area contributed by atoms with E-state index >= 15 is 0 Å². The fraction of sp³-hybridized carbons (Fsp3) is 0.222. The number of methoxy groups -OCH3 is 1. The van der Waals surface area contributed by atoms with Crippen LogP contribution >= 0.6 is 22.9 Å². The number of rotatable bonds is 6. The summed E-state index contributed by atoms with van der Waals surface area (Å²) in [6.07, 6.45) is 0. The number of hydrogen-bond donors (Lipinski definition) is 1. The summed E-state index contributed by atoms with van der Waals surface area (Å²) in [5.41, 5.74) is 3.94. The fourth-order valence-corrected chi connectivity index (χ4v) is 5.36. The molecular formula is C18H19ClN2O3S2. The molecular weight excluding hydrogens is 392 g/mol. The Morgan fingerprint density at radius 1 is 1.15 bits per heavy atom. The molecule has 0 unspecified atom stereocenters. The van der Waals surface area contributed by atoms with Crippen molar-refractivity contribution in [1.29, 1.82) is 0 Å². The van der Waals surface area contributed by atoms with Gasteiger partial charge in [0.15, 0.2) is 0 Å². The molecule has 3 rings (SSSR count). The number of hydrogen-bond acceptors (Lipinski definition) is 4. The molecule has 0 spiro atoms. The molecule has 0 aliphatic rings. The molecule has 8 heteroatoms. The van der Waals surface area contributed by atoms with Crippen LogP contribution in [0.1, 0.15) is 17.0 Å². The average molecular weight is 411 g/mol. The van der Waals surface area contributed by atoms with Gasteiger partial charge in [0.25, 0.3) is 0 Å². The maximum absolute atomic E-state index is 12.4. The van der Waals surface area contributed by atoms with Gasteiger partial charge < -0.3 is 9.30 Å². The van der Waals surface area contributed by atoms with Crippen LogP contribution in [0.15, 0.2) is 46.7 Å². The summed E-state index contributed by atoms with van der Waals surface area (Å²) in [6, 6.07) is 12.8. The smallest absolute Gasteiger partial charge is 0.250 e. The highest BCUT2D eigenvalue weighted by Gasteiger charge is 2.18. The van der Waals surface area contributed by atoms with E-state index < -0.39 is 10.0 Å². The third-order valence-electron chi connectivity index (χ3n) is 4.13. The summed E-state index contributed by atoms with van der Waals surface area (Å²) in [6.45, 7) is 4.19. The van der Waals surface area contributed by atoms with Crippen LogP contribution < -0.4 is 9.46 Å². The molecule has 0 bridgehead atoms. The predicted molar refractivity (Wildman–Crippen MR) is 105 cm³/mol. The van der Waals surface area contributed by atoms with Gasteiger partial charge in [0.1, 0.15) is 9.96 Å². The van der Waals surface area contributed by atoms with Crippen LogP contribution in [0.3, 0.4) is 0 Å². The number of benzene rings is 1. The molecule has 0 atom stereocenters. The lowest BCUT2D eigenvalue weighted by Crippen LogP contribution is -2.22. The summed E-state index contributed by atoms with van der Waals surface area (Å²) in [5.74, 6) is 0.791. The molecule has 0 radical (unpaired) electrons. The summed E-state index contributed by atoms with van der Waals surface area (Å²) < 4.78 is 35.4. The minimum atomic E-state index is -3.57. The highest BCUT2D eigenvalue weighted by molar-refractivity contribution is 7.91. The molecule has 0 amide bonds. The Morgan fingerprint density at radius 2 is 1.85 bits per heavy atom. The fourth-order valence-electron chi connectivity index (χ4n) is 2.82. The molecule has 1 N–H and O–H groups in total. The summed E-state index contributed by atoms with van der Waals surface area (Å²) in [4.78, 5) is 0. The Kier molecular flexibility index (Phi) is 5.43. The molecule has 2 aromatic heterocycles. The van der Waals surface area contributed by atoms with Gasteiger partial charge in [-0.1, -0.05) is 11.6 Å². The SMILES string of the molecule is COc1ccc(-n2c(C)cc(CNS(=O)(=O)c3ccc(Cl)s3)c2C)cc1. The zero-order valence-corrected chi connectivity index (χ0v) is 17.0. The van der Waals surface area contributed by atoms with Crippen molar-refractivity contribution in [2.24, 2.45) is 0 Å². The highest BCUT2D eigenvalue weighted by atomic mass is 35.5. The van der Waals surface area contributed by atoms with E-state index in [9.17, 15) is 8.42 Å². The van der Waals surface area contributed by atoms with Gasteiger partial charge in [-0.15, -0.1) is 11.3 Å². The first-order chi connectivity index (χ1) is 12.3. The Balaban J connectivity index is 1.83. The van der Waals surface area contributed by atoms with Crippen molar-refractivity contribution in [3.63, 3.8) is 0 Å². The van der Waals surface area contributed by atoms with Crippen molar-refractivity contribution >= 4 is 33.0 Å². The number of aromatic nitrogens is 1. The van der Waals surface area contributed by atoms with Crippen molar-refractivity contribution in [2.45, 2.75) is 24.6 Å². The molecule has 3 aromatic rings. The normalized spacial score (nSPS) is 11.7.